The normalized spacial score (nSPS) is 12.0. The van der Waals surface area contributed by atoms with E-state index in [2.05, 4.69) is 20.3 Å². The van der Waals surface area contributed by atoms with Crippen molar-refractivity contribution in [2.45, 2.75) is 26.3 Å². The third-order valence-corrected chi connectivity index (χ3v) is 2.78. The summed E-state index contributed by atoms with van der Waals surface area (Å²) in [6, 6.07) is 6.37. The zero-order chi connectivity index (χ0) is 15.2. The van der Waals surface area contributed by atoms with Crippen LogP contribution in [0.15, 0.2) is 24.3 Å². The van der Waals surface area contributed by atoms with E-state index in [0.717, 1.165) is 6.42 Å². The maximum absolute atomic E-state index is 13.7. The molecule has 112 valence electrons. The summed E-state index contributed by atoms with van der Waals surface area (Å²) in [6.07, 6.45) is 0.833. The van der Waals surface area contributed by atoms with Gasteiger partial charge in [-0.25, -0.2) is 4.39 Å². The second-order valence-corrected chi connectivity index (χ2v) is 4.54. The number of aromatic nitrogens is 3. The van der Waals surface area contributed by atoms with Gasteiger partial charge >= 0.3 is 6.01 Å². The highest BCUT2D eigenvalue weighted by molar-refractivity contribution is 5.36. The third-order valence-electron chi connectivity index (χ3n) is 2.78. The first kappa shape index (κ1) is 15.0. The topological polar surface area (TPSA) is 86.0 Å². The molecule has 0 saturated heterocycles. The first-order valence-corrected chi connectivity index (χ1v) is 6.75. The van der Waals surface area contributed by atoms with Crippen molar-refractivity contribution in [2.75, 3.05) is 17.7 Å². The highest BCUT2D eigenvalue weighted by Gasteiger charge is 2.13. The van der Waals surface area contributed by atoms with Crippen molar-refractivity contribution >= 4 is 11.9 Å². The summed E-state index contributed by atoms with van der Waals surface area (Å²) >= 11 is 0. The van der Waals surface area contributed by atoms with E-state index in [4.69, 9.17) is 10.5 Å². The molecule has 3 N–H and O–H groups in total. The van der Waals surface area contributed by atoms with E-state index in [0.29, 0.717) is 12.2 Å². The van der Waals surface area contributed by atoms with Crippen LogP contribution in [-0.2, 0) is 0 Å². The van der Waals surface area contributed by atoms with Crippen molar-refractivity contribution in [3.63, 3.8) is 0 Å². The maximum atomic E-state index is 13.7. The van der Waals surface area contributed by atoms with Crippen LogP contribution in [0.3, 0.4) is 0 Å². The van der Waals surface area contributed by atoms with Crippen molar-refractivity contribution in [3.8, 4) is 6.01 Å². The van der Waals surface area contributed by atoms with E-state index in [-0.39, 0.29) is 29.8 Å². The Morgan fingerprint density at radius 2 is 2.05 bits per heavy atom. The molecule has 7 heteroatoms. The summed E-state index contributed by atoms with van der Waals surface area (Å²) in [4.78, 5) is 12.0. The molecule has 1 aromatic carbocycles. The SMILES string of the molecule is CCCOc1nc(N)nc(NC(C)c2ccccc2F)n1. The van der Waals surface area contributed by atoms with Crippen LogP contribution in [-0.4, -0.2) is 21.6 Å². The van der Waals surface area contributed by atoms with E-state index in [9.17, 15) is 4.39 Å². The van der Waals surface area contributed by atoms with Crippen LogP contribution < -0.4 is 15.8 Å². The molecule has 0 aliphatic heterocycles. The van der Waals surface area contributed by atoms with Gasteiger partial charge in [0.1, 0.15) is 5.82 Å². The summed E-state index contributed by atoms with van der Waals surface area (Å²) in [6.45, 7) is 4.28. The second kappa shape index (κ2) is 6.83. The van der Waals surface area contributed by atoms with Gasteiger partial charge in [0.2, 0.25) is 11.9 Å². The van der Waals surface area contributed by atoms with Gasteiger partial charge < -0.3 is 15.8 Å². The molecule has 0 radical (unpaired) electrons. The number of benzene rings is 1. The van der Waals surface area contributed by atoms with E-state index in [1.54, 1.807) is 18.2 Å². The molecule has 1 heterocycles. The van der Waals surface area contributed by atoms with Gasteiger partial charge in [0.05, 0.1) is 12.6 Å². The molecule has 1 aromatic heterocycles. The number of rotatable bonds is 6. The van der Waals surface area contributed by atoms with Gasteiger partial charge in [-0.05, 0) is 19.4 Å². The van der Waals surface area contributed by atoms with Crippen LogP contribution in [0.1, 0.15) is 31.9 Å². The number of hydrogen-bond donors (Lipinski definition) is 2. The highest BCUT2D eigenvalue weighted by atomic mass is 19.1. The molecule has 0 fully saturated rings. The van der Waals surface area contributed by atoms with Crippen molar-refractivity contribution in [1.29, 1.82) is 0 Å². The molecule has 21 heavy (non-hydrogen) atoms. The minimum absolute atomic E-state index is 0.0549. The lowest BCUT2D eigenvalue weighted by molar-refractivity contribution is 0.292. The molecule has 2 aromatic rings. The molecule has 0 spiro atoms. The highest BCUT2D eigenvalue weighted by Crippen LogP contribution is 2.20. The molecule has 0 aliphatic rings. The van der Waals surface area contributed by atoms with E-state index < -0.39 is 0 Å². The average molecular weight is 291 g/mol. The van der Waals surface area contributed by atoms with Gasteiger partial charge in [0.15, 0.2) is 0 Å². The van der Waals surface area contributed by atoms with E-state index in [1.807, 2.05) is 13.8 Å². The Morgan fingerprint density at radius 1 is 1.29 bits per heavy atom. The smallest absolute Gasteiger partial charge is 0.323 e. The van der Waals surface area contributed by atoms with Crippen LogP contribution in [0, 0.1) is 5.82 Å². The molecule has 1 unspecified atom stereocenters. The van der Waals surface area contributed by atoms with E-state index >= 15 is 0 Å². The quantitative estimate of drug-likeness (QED) is 0.850. The van der Waals surface area contributed by atoms with Crippen molar-refractivity contribution in [1.82, 2.24) is 15.0 Å². The molecule has 0 bridgehead atoms. The molecule has 0 aliphatic carbocycles. The minimum atomic E-state index is -0.313. The fourth-order valence-electron chi connectivity index (χ4n) is 1.79. The number of nitrogens with zero attached hydrogens (tertiary/aromatic N) is 3. The van der Waals surface area contributed by atoms with Crippen LogP contribution in [0.25, 0.3) is 0 Å². The molecule has 0 saturated carbocycles. The Morgan fingerprint density at radius 3 is 2.76 bits per heavy atom. The number of nitrogens with two attached hydrogens (primary N) is 1. The van der Waals surface area contributed by atoms with Gasteiger partial charge in [0, 0.05) is 5.56 Å². The van der Waals surface area contributed by atoms with E-state index in [1.165, 1.54) is 6.07 Å². The summed E-state index contributed by atoms with van der Waals surface area (Å²) in [5, 5.41) is 2.99. The summed E-state index contributed by atoms with van der Waals surface area (Å²) < 4.78 is 19.1. The van der Waals surface area contributed by atoms with Gasteiger partial charge in [-0.1, -0.05) is 25.1 Å². The number of hydrogen-bond acceptors (Lipinski definition) is 6. The number of anilines is 2. The predicted molar refractivity (Wildman–Crippen MR) is 78.5 cm³/mol. The Balaban J connectivity index is 2.15. The average Bonchev–Trinajstić information content (AvgIpc) is 2.45. The first-order chi connectivity index (χ1) is 10.1. The van der Waals surface area contributed by atoms with Crippen LogP contribution in [0.2, 0.25) is 0 Å². The third kappa shape index (κ3) is 4.01. The predicted octanol–water partition coefficient (Wildman–Crippen LogP) is 2.55. The molecule has 2 rings (SSSR count). The lowest BCUT2D eigenvalue weighted by atomic mass is 10.1. The lowest BCUT2D eigenvalue weighted by Crippen LogP contribution is -2.13. The zero-order valence-corrected chi connectivity index (χ0v) is 12.0. The van der Waals surface area contributed by atoms with Crippen molar-refractivity contribution in [2.24, 2.45) is 0 Å². The number of nitrogen functional groups attached to an aromatic ring is 1. The van der Waals surface area contributed by atoms with Gasteiger partial charge in [0.25, 0.3) is 0 Å². The summed E-state index contributed by atoms with van der Waals surface area (Å²) in [7, 11) is 0. The van der Waals surface area contributed by atoms with Crippen LogP contribution >= 0.6 is 0 Å². The Kier molecular flexibility index (Phi) is 4.86. The molecule has 1 atom stereocenters. The van der Waals surface area contributed by atoms with Gasteiger partial charge in [-0.2, -0.15) is 15.0 Å². The van der Waals surface area contributed by atoms with Gasteiger partial charge in [-0.3, -0.25) is 0 Å². The van der Waals surface area contributed by atoms with Gasteiger partial charge in [-0.15, -0.1) is 0 Å². The molecule has 6 nitrogen and oxygen atoms in total. The standard InChI is InChI=1S/C14H18FN5O/c1-3-8-21-14-19-12(16)18-13(20-14)17-9(2)10-6-4-5-7-11(10)15/h4-7,9H,3,8H2,1-2H3,(H3,16,17,18,19,20). The monoisotopic (exact) mass is 291 g/mol. The number of nitrogens with one attached hydrogen (secondary N) is 1. The Hall–Kier alpha value is -2.44. The maximum Gasteiger partial charge on any atom is 0.323 e. The number of ether oxygens (including phenoxy) is 1. The summed E-state index contributed by atoms with van der Waals surface area (Å²) in [5.41, 5.74) is 6.14. The Bertz CT molecular complexity index is 608. The molecule has 0 amide bonds. The second-order valence-electron chi connectivity index (χ2n) is 4.54. The first-order valence-electron chi connectivity index (χ1n) is 6.75. The summed E-state index contributed by atoms with van der Waals surface area (Å²) in [5.74, 6) is 0.0191. The van der Waals surface area contributed by atoms with Crippen molar-refractivity contribution < 1.29 is 9.13 Å². The minimum Gasteiger partial charge on any atom is -0.463 e. The number of halogens is 1. The molecular formula is C14H18FN5O. The van der Waals surface area contributed by atoms with Crippen LogP contribution in [0.4, 0.5) is 16.3 Å². The largest absolute Gasteiger partial charge is 0.463 e. The molecular weight excluding hydrogens is 273 g/mol. The fraction of sp³-hybridized carbons (Fsp3) is 0.357. The zero-order valence-electron chi connectivity index (χ0n) is 12.0. The Labute approximate surface area is 122 Å². The lowest BCUT2D eigenvalue weighted by Gasteiger charge is -2.15. The van der Waals surface area contributed by atoms with Crippen molar-refractivity contribution in [3.05, 3.63) is 35.6 Å². The van der Waals surface area contributed by atoms with Crippen LogP contribution in [0.5, 0.6) is 6.01 Å². The fourth-order valence-corrected chi connectivity index (χ4v) is 1.79.